The van der Waals surface area contributed by atoms with Crippen LogP contribution in [0.4, 0.5) is 0 Å². The smallest absolute Gasteiger partial charge is 0.222 e. The molecule has 1 heterocycles. The number of nitrogens with zero attached hydrogens (tertiary/aromatic N) is 1. The van der Waals surface area contributed by atoms with E-state index in [0.29, 0.717) is 24.2 Å². The highest BCUT2D eigenvalue weighted by atomic mass is 16.2. The molecule has 0 radical (unpaired) electrons. The van der Waals surface area contributed by atoms with Gasteiger partial charge in [-0.25, -0.2) is 0 Å². The standard InChI is InChI=1S/C14H28N2O/c1-11(2)12(3)9-14(17)16-7-5-13(6-8-16)10-15-4/h11-13,15H,5-10H2,1-4H3. The molecule has 0 saturated carbocycles. The van der Waals surface area contributed by atoms with E-state index >= 15 is 0 Å². The Morgan fingerprint density at radius 2 is 1.88 bits per heavy atom. The molecule has 3 heteroatoms. The highest BCUT2D eigenvalue weighted by Crippen LogP contribution is 2.20. The van der Waals surface area contributed by atoms with Crippen molar-refractivity contribution in [3.63, 3.8) is 0 Å². The van der Waals surface area contributed by atoms with Gasteiger partial charge in [0.15, 0.2) is 0 Å². The van der Waals surface area contributed by atoms with Gasteiger partial charge in [0, 0.05) is 19.5 Å². The van der Waals surface area contributed by atoms with E-state index in [9.17, 15) is 4.79 Å². The molecular weight excluding hydrogens is 212 g/mol. The molecule has 1 saturated heterocycles. The van der Waals surface area contributed by atoms with Crippen LogP contribution < -0.4 is 5.32 Å². The molecular formula is C14H28N2O. The van der Waals surface area contributed by atoms with Crippen LogP contribution in [0.3, 0.4) is 0 Å². The summed E-state index contributed by atoms with van der Waals surface area (Å²) in [4.78, 5) is 14.1. The lowest BCUT2D eigenvalue weighted by atomic mass is 9.92. The van der Waals surface area contributed by atoms with Gasteiger partial charge < -0.3 is 10.2 Å². The lowest BCUT2D eigenvalue weighted by Crippen LogP contribution is -2.41. The van der Waals surface area contributed by atoms with Crippen molar-refractivity contribution >= 4 is 5.91 Å². The fraction of sp³-hybridized carbons (Fsp3) is 0.929. The van der Waals surface area contributed by atoms with Crippen molar-refractivity contribution in [1.82, 2.24) is 10.2 Å². The van der Waals surface area contributed by atoms with Crippen LogP contribution in [0, 0.1) is 17.8 Å². The van der Waals surface area contributed by atoms with Gasteiger partial charge in [0.05, 0.1) is 0 Å². The predicted molar refractivity (Wildman–Crippen MR) is 71.8 cm³/mol. The van der Waals surface area contributed by atoms with Crippen LogP contribution in [-0.2, 0) is 4.79 Å². The monoisotopic (exact) mass is 240 g/mol. The molecule has 1 N–H and O–H groups in total. The number of nitrogens with one attached hydrogen (secondary N) is 1. The number of hydrogen-bond acceptors (Lipinski definition) is 2. The van der Waals surface area contributed by atoms with Gasteiger partial charge in [-0.15, -0.1) is 0 Å². The maximum atomic E-state index is 12.1. The molecule has 1 rings (SSSR count). The highest BCUT2D eigenvalue weighted by Gasteiger charge is 2.23. The van der Waals surface area contributed by atoms with Crippen LogP contribution in [0.1, 0.15) is 40.0 Å². The zero-order valence-corrected chi connectivity index (χ0v) is 11.8. The summed E-state index contributed by atoms with van der Waals surface area (Å²) in [7, 11) is 2.00. The minimum absolute atomic E-state index is 0.356. The van der Waals surface area contributed by atoms with Gasteiger partial charge in [0.1, 0.15) is 0 Å². The van der Waals surface area contributed by atoms with Gasteiger partial charge in [0.25, 0.3) is 0 Å². The molecule has 1 unspecified atom stereocenters. The minimum atomic E-state index is 0.356. The maximum absolute atomic E-state index is 12.1. The van der Waals surface area contributed by atoms with Crippen LogP contribution in [0.5, 0.6) is 0 Å². The molecule has 1 atom stereocenters. The molecule has 1 fully saturated rings. The number of likely N-dealkylation sites (tertiary alicyclic amines) is 1. The van der Waals surface area contributed by atoms with E-state index in [1.54, 1.807) is 0 Å². The lowest BCUT2D eigenvalue weighted by molar-refractivity contribution is -0.133. The third-order valence-electron chi connectivity index (χ3n) is 4.09. The molecule has 100 valence electrons. The first-order chi connectivity index (χ1) is 8.04. The molecule has 0 aromatic carbocycles. The minimum Gasteiger partial charge on any atom is -0.343 e. The van der Waals surface area contributed by atoms with Crippen molar-refractivity contribution in [3.8, 4) is 0 Å². The highest BCUT2D eigenvalue weighted by molar-refractivity contribution is 5.76. The molecule has 1 aliphatic heterocycles. The van der Waals surface area contributed by atoms with Gasteiger partial charge in [-0.3, -0.25) is 4.79 Å². The van der Waals surface area contributed by atoms with Gasteiger partial charge in [-0.05, 0) is 44.2 Å². The topological polar surface area (TPSA) is 32.3 Å². The average molecular weight is 240 g/mol. The molecule has 0 spiro atoms. The van der Waals surface area contributed by atoms with E-state index in [1.165, 1.54) is 0 Å². The summed E-state index contributed by atoms with van der Waals surface area (Å²) >= 11 is 0. The van der Waals surface area contributed by atoms with Crippen molar-refractivity contribution in [1.29, 1.82) is 0 Å². The Labute approximate surface area is 106 Å². The van der Waals surface area contributed by atoms with Gasteiger partial charge >= 0.3 is 0 Å². The maximum Gasteiger partial charge on any atom is 0.222 e. The largest absolute Gasteiger partial charge is 0.343 e. The zero-order chi connectivity index (χ0) is 12.8. The number of carbonyl (C=O) groups excluding carboxylic acids is 1. The summed E-state index contributed by atoms with van der Waals surface area (Å²) < 4.78 is 0. The van der Waals surface area contributed by atoms with Gasteiger partial charge in [-0.1, -0.05) is 20.8 Å². The molecule has 3 nitrogen and oxygen atoms in total. The van der Waals surface area contributed by atoms with Crippen molar-refractivity contribution in [2.45, 2.75) is 40.0 Å². The summed E-state index contributed by atoms with van der Waals surface area (Å²) in [5, 5.41) is 3.23. The van der Waals surface area contributed by atoms with Crippen LogP contribution in [0.2, 0.25) is 0 Å². The normalized spacial score (nSPS) is 19.7. The summed E-state index contributed by atoms with van der Waals surface area (Å²) in [6.07, 6.45) is 3.03. The van der Waals surface area contributed by atoms with Gasteiger partial charge in [0.2, 0.25) is 5.91 Å². The second-order valence-corrected chi connectivity index (χ2v) is 5.81. The molecule has 1 aliphatic rings. The number of amides is 1. The van der Waals surface area contributed by atoms with E-state index in [4.69, 9.17) is 0 Å². The van der Waals surface area contributed by atoms with E-state index in [1.807, 2.05) is 7.05 Å². The predicted octanol–water partition coefficient (Wildman–Crippen LogP) is 2.13. The van der Waals surface area contributed by atoms with Crippen LogP contribution >= 0.6 is 0 Å². The Kier molecular flexibility index (Phi) is 5.96. The number of piperidine rings is 1. The molecule has 0 aliphatic carbocycles. The molecule has 17 heavy (non-hydrogen) atoms. The fourth-order valence-corrected chi connectivity index (χ4v) is 2.32. The molecule has 1 amide bonds. The van der Waals surface area contributed by atoms with E-state index in [2.05, 4.69) is 31.0 Å². The average Bonchev–Trinajstić information content (AvgIpc) is 2.30. The molecule has 0 aromatic heterocycles. The first-order valence-corrected chi connectivity index (χ1v) is 6.97. The molecule has 0 aromatic rings. The van der Waals surface area contributed by atoms with Crippen LogP contribution in [0.15, 0.2) is 0 Å². The zero-order valence-electron chi connectivity index (χ0n) is 11.8. The Hall–Kier alpha value is -0.570. The fourth-order valence-electron chi connectivity index (χ4n) is 2.32. The number of carbonyl (C=O) groups is 1. The van der Waals surface area contributed by atoms with E-state index in [0.717, 1.165) is 38.4 Å². The Balaban J connectivity index is 2.31. The lowest BCUT2D eigenvalue weighted by Gasteiger charge is -2.33. The molecule has 0 bridgehead atoms. The van der Waals surface area contributed by atoms with Crippen molar-refractivity contribution in [2.75, 3.05) is 26.7 Å². The first kappa shape index (κ1) is 14.5. The summed E-state index contributed by atoms with van der Waals surface area (Å²) in [5.41, 5.74) is 0. The summed E-state index contributed by atoms with van der Waals surface area (Å²) in [6.45, 7) is 9.56. The summed E-state index contributed by atoms with van der Waals surface area (Å²) in [5.74, 6) is 2.21. The van der Waals surface area contributed by atoms with Crippen molar-refractivity contribution in [2.24, 2.45) is 17.8 Å². The van der Waals surface area contributed by atoms with E-state index < -0.39 is 0 Å². The van der Waals surface area contributed by atoms with Crippen LogP contribution in [0.25, 0.3) is 0 Å². The third-order valence-corrected chi connectivity index (χ3v) is 4.09. The Morgan fingerprint density at radius 3 is 2.35 bits per heavy atom. The first-order valence-electron chi connectivity index (χ1n) is 6.97. The number of hydrogen-bond donors (Lipinski definition) is 1. The second kappa shape index (κ2) is 7.00. The van der Waals surface area contributed by atoms with Crippen molar-refractivity contribution in [3.05, 3.63) is 0 Å². The van der Waals surface area contributed by atoms with E-state index in [-0.39, 0.29) is 0 Å². The quantitative estimate of drug-likeness (QED) is 0.798. The Morgan fingerprint density at radius 1 is 1.29 bits per heavy atom. The third kappa shape index (κ3) is 4.66. The summed E-state index contributed by atoms with van der Waals surface area (Å²) in [6, 6.07) is 0. The van der Waals surface area contributed by atoms with Crippen LogP contribution in [-0.4, -0.2) is 37.5 Å². The van der Waals surface area contributed by atoms with Gasteiger partial charge in [-0.2, -0.15) is 0 Å². The van der Waals surface area contributed by atoms with Crippen molar-refractivity contribution < 1.29 is 4.79 Å². The Bertz CT molecular complexity index is 232. The number of rotatable bonds is 5. The second-order valence-electron chi connectivity index (χ2n) is 5.81. The SMILES string of the molecule is CNCC1CCN(C(=O)CC(C)C(C)C)CC1.